The first-order valence-electron chi connectivity index (χ1n) is 8.93. The number of furan rings is 1. The van der Waals surface area contributed by atoms with Gasteiger partial charge >= 0.3 is 0 Å². The molecule has 4 rings (SSSR count). The van der Waals surface area contributed by atoms with Gasteiger partial charge in [-0.1, -0.05) is 18.2 Å². The van der Waals surface area contributed by atoms with Crippen molar-refractivity contribution in [2.24, 2.45) is 5.14 Å². The number of nitrogens with zero attached hydrogens (tertiary/aromatic N) is 4. The van der Waals surface area contributed by atoms with Crippen molar-refractivity contribution in [2.75, 3.05) is 17.3 Å². The van der Waals surface area contributed by atoms with Crippen molar-refractivity contribution in [1.82, 2.24) is 20.6 Å². The van der Waals surface area contributed by atoms with Crippen LogP contribution in [0.4, 0.5) is 17.1 Å². The van der Waals surface area contributed by atoms with Gasteiger partial charge in [0.1, 0.15) is 10.7 Å². The number of nitrogens with two attached hydrogens (primary N) is 1. The zero-order chi connectivity index (χ0) is 21.1. The maximum Gasteiger partial charge on any atom is 0.240 e. The van der Waals surface area contributed by atoms with Gasteiger partial charge in [0, 0.05) is 24.0 Å². The molecule has 0 bridgehead atoms. The van der Waals surface area contributed by atoms with E-state index in [2.05, 4.69) is 25.9 Å². The zero-order valence-corrected chi connectivity index (χ0v) is 16.8. The van der Waals surface area contributed by atoms with E-state index in [-0.39, 0.29) is 10.7 Å². The van der Waals surface area contributed by atoms with Crippen molar-refractivity contribution in [3.63, 3.8) is 0 Å². The highest BCUT2D eigenvalue weighted by Crippen LogP contribution is 2.37. The predicted molar refractivity (Wildman–Crippen MR) is 112 cm³/mol. The number of aromatic nitrogens is 4. The summed E-state index contributed by atoms with van der Waals surface area (Å²) in [5, 5.41) is 22.7. The molecule has 0 unspecified atom stereocenters. The van der Waals surface area contributed by atoms with Crippen molar-refractivity contribution < 1.29 is 12.8 Å². The van der Waals surface area contributed by atoms with Gasteiger partial charge in [0.15, 0.2) is 0 Å². The van der Waals surface area contributed by atoms with Crippen LogP contribution in [0.1, 0.15) is 5.76 Å². The summed E-state index contributed by atoms with van der Waals surface area (Å²) in [4.78, 5) is 1.69. The third-order valence-corrected chi connectivity index (χ3v) is 5.47. The molecule has 4 aromatic rings. The maximum absolute atomic E-state index is 12.4. The lowest BCUT2D eigenvalue weighted by molar-refractivity contribution is 0.518. The summed E-state index contributed by atoms with van der Waals surface area (Å²) < 4.78 is 30.2. The number of para-hydroxylation sites is 1. The Morgan fingerprint density at radius 2 is 1.97 bits per heavy atom. The standard InChI is InChI=1S/C19H19N7O3S/c1-26(13-6-3-2-4-7-13)17-11-16(21-12-14-8-5-9-29-14)15(19-22-24-25-23-19)10-18(17)30(20,27)28/h2-11,21H,12H2,1H3,(H2,20,27,28)(H,22,23,24,25). The van der Waals surface area contributed by atoms with Crippen molar-refractivity contribution in [2.45, 2.75) is 11.4 Å². The quantitative estimate of drug-likeness (QED) is 0.410. The number of benzene rings is 2. The lowest BCUT2D eigenvalue weighted by atomic mass is 10.1. The minimum atomic E-state index is -4.05. The predicted octanol–water partition coefficient (Wildman–Crippen LogP) is 2.49. The van der Waals surface area contributed by atoms with Gasteiger partial charge in [0.05, 0.1) is 18.5 Å². The van der Waals surface area contributed by atoms with Gasteiger partial charge in [-0.2, -0.15) is 5.21 Å². The Balaban J connectivity index is 1.86. The van der Waals surface area contributed by atoms with E-state index in [0.29, 0.717) is 29.2 Å². The third kappa shape index (κ3) is 4.02. The average Bonchev–Trinajstić information content (AvgIpc) is 3.45. The second-order valence-corrected chi connectivity index (χ2v) is 8.00. The molecule has 0 aliphatic rings. The molecule has 0 fully saturated rings. The number of H-pyrrole nitrogens is 1. The van der Waals surface area contributed by atoms with E-state index in [1.54, 1.807) is 30.3 Å². The number of sulfonamides is 1. The maximum atomic E-state index is 12.4. The molecule has 0 amide bonds. The molecule has 30 heavy (non-hydrogen) atoms. The van der Waals surface area contributed by atoms with Gasteiger partial charge in [-0.3, -0.25) is 0 Å². The summed E-state index contributed by atoms with van der Waals surface area (Å²) in [7, 11) is -2.28. The molecule has 2 heterocycles. The first-order valence-corrected chi connectivity index (χ1v) is 10.5. The normalized spacial score (nSPS) is 11.4. The van der Waals surface area contributed by atoms with E-state index >= 15 is 0 Å². The topological polar surface area (TPSA) is 143 Å². The molecule has 0 aliphatic heterocycles. The molecule has 10 nitrogen and oxygen atoms in total. The first-order chi connectivity index (χ1) is 14.4. The Morgan fingerprint density at radius 1 is 1.17 bits per heavy atom. The van der Waals surface area contributed by atoms with E-state index in [0.717, 1.165) is 5.69 Å². The molecule has 0 radical (unpaired) electrons. The SMILES string of the molecule is CN(c1ccccc1)c1cc(NCc2ccco2)c(-c2nn[nH]n2)cc1S(N)(=O)=O. The molecule has 2 aromatic carbocycles. The molecule has 11 heteroatoms. The molecule has 0 saturated heterocycles. The molecular weight excluding hydrogens is 406 g/mol. The number of aromatic amines is 1. The summed E-state index contributed by atoms with van der Waals surface area (Å²) in [6, 6.07) is 16.1. The number of anilines is 3. The van der Waals surface area contributed by atoms with E-state index in [1.807, 2.05) is 36.4 Å². The van der Waals surface area contributed by atoms with E-state index in [4.69, 9.17) is 9.56 Å². The molecule has 0 atom stereocenters. The van der Waals surface area contributed by atoms with Crippen molar-refractivity contribution in [3.05, 3.63) is 66.6 Å². The summed E-state index contributed by atoms with van der Waals surface area (Å²) in [6.45, 7) is 0.376. The number of rotatable bonds is 7. The average molecular weight is 425 g/mol. The van der Waals surface area contributed by atoms with Crippen LogP contribution in [0.3, 0.4) is 0 Å². The fourth-order valence-electron chi connectivity index (χ4n) is 3.05. The molecule has 154 valence electrons. The van der Waals surface area contributed by atoms with Crippen LogP contribution in [0.5, 0.6) is 0 Å². The minimum absolute atomic E-state index is 0.0581. The smallest absolute Gasteiger partial charge is 0.240 e. The van der Waals surface area contributed by atoms with Gasteiger partial charge < -0.3 is 14.6 Å². The fourth-order valence-corrected chi connectivity index (χ4v) is 3.82. The highest BCUT2D eigenvalue weighted by atomic mass is 32.2. The number of hydrogen-bond donors (Lipinski definition) is 3. The van der Waals surface area contributed by atoms with Gasteiger partial charge in [-0.15, -0.1) is 10.2 Å². The van der Waals surface area contributed by atoms with Crippen LogP contribution < -0.4 is 15.4 Å². The van der Waals surface area contributed by atoms with E-state index in [9.17, 15) is 8.42 Å². The molecular formula is C19H19N7O3S. The van der Waals surface area contributed by atoms with E-state index in [1.165, 1.54) is 6.07 Å². The lowest BCUT2D eigenvalue weighted by Crippen LogP contribution is -2.19. The van der Waals surface area contributed by atoms with E-state index < -0.39 is 10.0 Å². The summed E-state index contributed by atoms with van der Waals surface area (Å²) in [6.07, 6.45) is 1.58. The van der Waals surface area contributed by atoms with Gasteiger partial charge in [0.25, 0.3) is 0 Å². The second kappa shape index (κ2) is 7.97. The van der Waals surface area contributed by atoms with Crippen LogP contribution in [-0.2, 0) is 16.6 Å². The highest BCUT2D eigenvalue weighted by molar-refractivity contribution is 7.89. The Bertz CT molecular complexity index is 1220. The Hall–Kier alpha value is -3.70. The summed E-state index contributed by atoms with van der Waals surface area (Å²) in [5.74, 6) is 0.943. The molecule has 0 aliphatic carbocycles. The van der Waals surface area contributed by atoms with Crippen LogP contribution >= 0.6 is 0 Å². The largest absolute Gasteiger partial charge is 0.467 e. The number of hydrogen-bond acceptors (Lipinski definition) is 8. The monoisotopic (exact) mass is 425 g/mol. The van der Waals surface area contributed by atoms with Gasteiger partial charge in [-0.25, -0.2) is 13.6 Å². The molecule has 0 spiro atoms. The van der Waals surface area contributed by atoms with Gasteiger partial charge in [-0.05, 0) is 41.6 Å². The Kier molecular flexibility index (Phi) is 5.21. The number of nitrogens with one attached hydrogen (secondary N) is 2. The first kappa shape index (κ1) is 19.6. The number of tetrazole rings is 1. The Morgan fingerprint density at radius 3 is 2.60 bits per heavy atom. The van der Waals surface area contributed by atoms with Gasteiger partial charge in [0.2, 0.25) is 15.8 Å². The Labute approximate surface area is 172 Å². The van der Waals surface area contributed by atoms with Crippen molar-refractivity contribution in [3.8, 4) is 11.4 Å². The summed E-state index contributed by atoms with van der Waals surface area (Å²) in [5.41, 5.74) is 2.23. The van der Waals surface area contributed by atoms with Crippen molar-refractivity contribution >= 4 is 27.1 Å². The molecule has 4 N–H and O–H groups in total. The van der Waals surface area contributed by atoms with Crippen LogP contribution in [0.15, 0.2) is 70.2 Å². The van der Waals surface area contributed by atoms with Crippen LogP contribution in [0.25, 0.3) is 11.4 Å². The fraction of sp³-hybridized carbons (Fsp3) is 0.105. The highest BCUT2D eigenvalue weighted by Gasteiger charge is 2.23. The van der Waals surface area contributed by atoms with Crippen LogP contribution in [-0.4, -0.2) is 36.1 Å². The lowest BCUT2D eigenvalue weighted by Gasteiger charge is -2.24. The molecule has 0 saturated carbocycles. The molecule has 2 aromatic heterocycles. The van der Waals surface area contributed by atoms with Crippen molar-refractivity contribution in [1.29, 1.82) is 0 Å². The summed E-state index contributed by atoms with van der Waals surface area (Å²) >= 11 is 0. The van der Waals surface area contributed by atoms with Crippen LogP contribution in [0.2, 0.25) is 0 Å². The zero-order valence-electron chi connectivity index (χ0n) is 16.0. The van der Waals surface area contributed by atoms with Crippen LogP contribution in [0, 0.1) is 0 Å². The number of primary sulfonamides is 1. The minimum Gasteiger partial charge on any atom is -0.467 e. The third-order valence-electron chi connectivity index (χ3n) is 4.53. The second-order valence-electron chi connectivity index (χ2n) is 6.47.